The normalized spacial score (nSPS) is 14.4. The largest absolute Gasteiger partial charge is 0.508 e. The van der Waals surface area contributed by atoms with E-state index >= 15 is 0 Å². The Hall–Kier alpha value is -1.97. The number of hydrogen-bond acceptors (Lipinski definition) is 2. The molecule has 2 N–H and O–H groups in total. The number of benzene rings is 1. The summed E-state index contributed by atoms with van der Waals surface area (Å²) in [5.41, 5.74) is 2.05. The molecule has 1 aromatic rings. The molecule has 1 aliphatic rings. The number of urea groups is 1. The number of nitrogens with zero attached hydrogens (tertiary/aromatic N) is 1. The van der Waals surface area contributed by atoms with E-state index in [9.17, 15) is 9.90 Å². The first kappa shape index (κ1) is 12.5. The third-order valence-corrected chi connectivity index (χ3v) is 3.19. The van der Waals surface area contributed by atoms with Gasteiger partial charge >= 0.3 is 6.03 Å². The zero-order valence-electron chi connectivity index (χ0n) is 10.5. The molecule has 0 atom stereocenters. The van der Waals surface area contributed by atoms with E-state index < -0.39 is 0 Å². The van der Waals surface area contributed by atoms with Gasteiger partial charge in [-0.05, 0) is 49.9 Å². The highest BCUT2D eigenvalue weighted by molar-refractivity contribution is 5.92. The number of phenols is 1. The quantitative estimate of drug-likeness (QED) is 0.842. The van der Waals surface area contributed by atoms with Gasteiger partial charge in [0.1, 0.15) is 5.75 Å². The van der Waals surface area contributed by atoms with Crippen molar-refractivity contribution in [3.8, 4) is 5.75 Å². The van der Waals surface area contributed by atoms with E-state index in [1.807, 2.05) is 6.20 Å². The van der Waals surface area contributed by atoms with Crippen molar-refractivity contribution < 1.29 is 9.90 Å². The highest BCUT2D eigenvalue weighted by atomic mass is 16.3. The first-order chi connectivity index (χ1) is 8.66. The number of rotatable bonds is 2. The summed E-state index contributed by atoms with van der Waals surface area (Å²) < 4.78 is 0. The van der Waals surface area contributed by atoms with Crippen LogP contribution in [0.5, 0.6) is 5.75 Å². The molecule has 1 saturated carbocycles. The number of amides is 2. The average Bonchev–Trinajstić information content (AvgIpc) is 2.89. The van der Waals surface area contributed by atoms with Gasteiger partial charge in [-0.1, -0.05) is 5.57 Å². The van der Waals surface area contributed by atoms with Gasteiger partial charge in [0.2, 0.25) is 0 Å². The lowest BCUT2D eigenvalue weighted by Gasteiger charge is -2.17. The smallest absolute Gasteiger partial charge is 0.325 e. The van der Waals surface area contributed by atoms with Gasteiger partial charge in [0.15, 0.2) is 0 Å². The lowest BCUT2D eigenvalue weighted by molar-refractivity contribution is 0.250. The average molecular weight is 246 g/mol. The number of nitrogens with one attached hydrogen (secondary N) is 1. The lowest BCUT2D eigenvalue weighted by Crippen LogP contribution is -2.34. The van der Waals surface area contributed by atoms with Crippen LogP contribution in [-0.2, 0) is 0 Å². The Bertz CT molecular complexity index is 443. The molecule has 1 aromatic carbocycles. The van der Waals surface area contributed by atoms with Gasteiger partial charge in [0.25, 0.3) is 0 Å². The predicted molar refractivity (Wildman–Crippen MR) is 71.6 cm³/mol. The SMILES string of the molecule is CN(C(=O)NC=C1CCCC1)c1ccc(O)cc1. The Morgan fingerprint density at radius 2 is 1.89 bits per heavy atom. The highest BCUT2D eigenvalue weighted by Gasteiger charge is 2.11. The van der Waals surface area contributed by atoms with E-state index in [-0.39, 0.29) is 11.8 Å². The van der Waals surface area contributed by atoms with Crippen LogP contribution in [0.3, 0.4) is 0 Å². The molecular formula is C14H18N2O2. The van der Waals surface area contributed by atoms with Crippen LogP contribution in [-0.4, -0.2) is 18.2 Å². The molecule has 0 radical (unpaired) electrons. The third kappa shape index (κ3) is 3.03. The molecule has 2 rings (SSSR count). The Morgan fingerprint density at radius 3 is 2.50 bits per heavy atom. The topological polar surface area (TPSA) is 52.6 Å². The molecule has 0 aliphatic heterocycles. The van der Waals surface area contributed by atoms with Crippen LogP contribution in [0, 0.1) is 0 Å². The molecule has 0 unspecified atom stereocenters. The minimum absolute atomic E-state index is 0.167. The molecule has 1 fully saturated rings. The van der Waals surface area contributed by atoms with E-state index in [0.29, 0.717) is 0 Å². The van der Waals surface area contributed by atoms with Crippen LogP contribution in [0.4, 0.5) is 10.5 Å². The minimum atomic E-state index is -0.167. The molecular weight excluding hydrogens is 228 g/mol. The van der Waals surface area contributed by atoms with Crippen molar-refractivity contribution in [2.45, 2.75) is 25.7 Å². The van der Waals surface area contributed by atoms with Gasteiger partial charge in [0.05, 0.1) is 0 Å². The fourth-order valence-electron chi connectivity index (χ4n) is 2.03. The van der Waals surface area contributed by atoms with Crippen molar-refractivity contribution in [2.24, 2.45) is 0 Å². The van der Waals surface area contributed by atoms with Crippen molar-refractivity contribution in [2.75, 3.05) is 11.9 Å². The standard InChI is InChI=1S/C14H18N2O2/c1-16(12-6-8-13(17)9-7-12)14(18)15-10-11-4-2-3-5-11/h6-10,17H,2-5H2,1H3,(H,15,18). The number of carbonyl (C=O) groups excluding carboxylic acids is 1. The van der Waals surface area contributed by atoms with Crippen molar-refractivity contribution in [1.29, 1.82) is 0 Å². The maximum atomic E-state index is 11.9. The monoisotopic (exact) mass is 246 g/mol. The molecule has 18 heavy (non-hydrogen) atoms. The highest BCUT2D eigenvalue weighted by Crippen LogP contribution is 2.23. The molecule has 2 amide bonds. The summed E-state index contributed by atoms with van der Waals surface area (Å²) in [6.45, 7) is 0. The lowest BCUT2D eigenvalue weighted by atomic mass is 10.2. The van der Waals surface area contributed by atoms with Crippen molar-refractivity contribution in [3.63, 3.8) is 0 Å². The number of aromatic hydroxyl groups is 1. The van der Waals surface area contributed by atoms with Gasteiger partial charge in [0, 0.05) is 18.9 Å². The predicted octanol–water partition coefficient (Wildman–Crippen LogP) is 3.00. The van der Waals surface area contributed by atoms with Crippen molar-refractivity contribution in [1.82, 2.24) is 5.32 Å². The summed E-state index contributed by atoms with van der Waals surface area (Å²) in [6.07, 6.45) is 6.43. The Labute approximate surface area is 107 Å². The number of hydrogen-bond donors (Lipinski definition) is 2. The summed E-state index contributed by atoms with van der Waals surface area (Å²) in [5, 5.41) is 12.0. The second kappa shape index (κ2) is 5.58. The Kier molecular flexibility index (Phi) is 3.87. The third-order valence-electron chi connectivity index (χ3n) is 3.19. The maximum absolute atomic E-state index is 11.9. The zero-order valence-corrected chi connectivity index (χ0v) is 10.5. The van der Waals surface area contributed by atoms with Crippen molar-refractivity contribution >= 4 is 11.7 Å². The van der Waals surface area contributed by atoms with E-state index in [4.69, 9.17) is 0 Å². The molecule has 0 aromatic heterocycles. The van der Waals surface area contributed by atoms with Gasteiger partial charge in [-0.25, -0.2) is 4.79 Å². The van der Waals surface area contributed by atoms with Crippen LogP contribution in [0.2, 0.25) is 0 Å². The van der Waals surface area contributed by atoms with Crippen LogP contribution >= 0.6 is 0 Å². The summed E-state index contributed by atoms with van der Waals surface area (Å²) in [4.78, 5) is 13.4. The summed E-state index contributed by atoms with van der Waals surface area (Å²) in [5.74, 6) is 0.195. The van der Waals surface area contributed by atoms with Gasteiger partial charge in [-0.15, -0.1) is 0 Å². The first-order valence-electron chi connectivity index (χ1n) is 6.18. The fourth-order valence-corrected chi connectivity index (χ4v) is 2.03. The Morgan fingerprint density at radius 1 is 1.28 bits per heavy atom. The van der Waals surface area contributed by atoms with Crippen LogP contribution in [0.1, 0.15) is 25.7 Å². The second-order valence-corrected chi connectivity index (χ2v) is 4.53. The number of allylic oxidation sites excluding steroid dienone is 1. The number of carbonyl (C=O) groups is 1. The van der Waals surface area contributed by atoms with Gasteiger partial charge in [-0.2, -0.15) is 0 Å². The molecule has 4 nitrogen and oxygen atoms in total. The van der Waals surface area contributed by atoms with E-state index in [0.717, 1.165) is 18.5 Å². The van der Waals surface area contributed by atoms with Crippen LogP contribution < -0.4 is 10.2 Å². The second-order valence-electron chi connectivity index (χ2n) is 4.53. The van der Waals surface area contributed by atoms with Crippen LogP contribution in [0.15, 0.2) is 36.0 Å². The van der Waals surface area contributed by atoms with E-state index in [2.05, 4.69) is 5.32 Å². The fraction of sp³-hybridized carbons (Fsp3) is 0.357. The molecule has 4 heteroatoms. The number of phenolic OH excluding ortho intramolecular Hbond substituents is 1. The van der Waals surface area contributed by atoms with E-state index in [1.54, 1.807) is 31.3 Å². The zero-order chi connectivity index (χ0) is 13.0. The van der Waals surface area contributed by atoms with E-state index in [1.165, 1.54) is 23.3 Å². The molecule has 96 valence electrons. The van der Waals surface area contributed by atoms with Crippen LogP contribution in [0.25, 0.3) is 0 Å². The van der Waals surface area contributed by atoms with Crippen molar-refractivity contribution in [3.05, 3.63) is 36.0 Å². The number of anilines is 1. The molecule has 0 heterocycles. The summed E-state index contributed by atoms with van der Waals surface area (Å²) >= 11 is 0. The van der Waals surface area contributed by atoms with Gasteiger partial charge in [-0.3, -0.25) is 4.90 Å². The molecule has 1 aliphatic carbocycles. The summed E-state index contributed by atoms with van der Waals surface area (Å²) in [6, 6.07) is 6.37. The maximum Gasteiger partial charge on any atom is 0.325 e. The minimum Gasteiger partial charge on any atom is -0.508 e. The molecule has 0 spiro atoms. The van der Waals surface area contributed by atoms with Gasteiger partial charge < -0.3 is 10.4 Å². The molecule has 0 bridgehead atoms. The molecule has 0 saturated heterocycles. The first-order valence-corrected chi connectivity index (χ1v) is 6.18. The Balaban J connectivity index is 1.95. The summed E-state index contributed by atoms with van der Waals surface area (Å²) in [7, 11) is 1.70.